The summed E-state index contributed by atoms with van der Waals surface area (Å²) < 4.78 is 78.5. The molecule has 1 aliphatic heterocycles. The molecule has 1 aromatic carbocycles. The Balaban J connectivity index is 1.80. The number of rotatable bonds is 4. The number of hydrogen-bond donors (Lipinski definition) is 2. The van der Waals surface area contributed by atoms with E-state index in [2.05, 4.69) is 20.9 Å². The second-order valence-corrected chi connectivity index (χ2v) is 6.29. The minimum absolute atomic E-state index is 0.0379. The smallest absolute Gasteiger partial charge is 0.349 e. The second kappa shape index (κ2) is 7.41. The van der Waals surface area contributed by atoms with Crippen LogP contribution in [0.2, 0.25) is 0 Å². The van der Waals surface area contributed by atoms with Crippen LogP contribution >= 0.6 is 0 Å². The van der Waals surface area contributed by atoms with E-state index in [0.29, 0.717) is 18.6 Å². The normalized spacial score (nSPS) is 17.7. The summed E-state index contributed by atoms with van der Waals surface area (Å²) in [5, 5.41) is 12.9. The Hall–Kier alpha value is -2.63. The monoisotopic (exact) mass is 407 g/mol. The van der Waals surface area contributed by atoms with Crippen molar-refractivity contribution in [3.8, 4) is 5.69 Å². The molecule has 0 unspecified atom stereocenters. The molecular formula is C16H15F6N5O. The lowest BCUT2D eigenvalue weighted by Gasteiger charge is -2.13. The Bertz CT molecular complexity index is 822. The molecule has 2 aromatic rings. The summed E-state index contributed by atoms with van der Waals surface area (Å²) in [5.41, 5.74) is -3.15. The van der Waals surface area contributed by atoms with Gasteiger partial charge in [0.15, 0.2) is 0 Å². The number of nitrogens with zero attached hydrogens (tertiary/aromatic N) is 3. The molecule has 3 rings (SSSR count). The minimum Gasteiger partial charge on any atom is -0.349 e. The molecule has 0 aliphatic carbocycles. The third-order valence-electron chi connectivity index (χ3n) is 4.20. The fraction of sp³-hybridized carbons (Fsp3) is 0.438. The Morgan fingerprint density at radius 2 is 1.79 bits per heavy atom. The van der Waals surface area contributed by atoms with Crippen molar-refractivity contribution in [2.45, 2.75) is 37.8 Å². The van der Waals surface area contributed by atoms with E-state index in [0.717, 1.165) is 23.8 Å². The summed E-state index contributed by atoms with van der Waals surface area (Å²) in [6.07, 6.45) is -7.20. The summed E-state index contributed by atoms with van der Waals surface area (Å²) in [6, 6.07) is 0.812. The number of hydrogen-bond acceptors (Lipinski definition) is 4. The number of amides is 1. The maximum atomic E-state index is 12.9. The molecule has 2 heterocycles. The SMILES string of the molecule is O=C(NCc1cn(-c2cc(C(F)(F)F)cc(C(F)(F)F)c2)nn1)[C@H]1CCCN1. The fourth-order valence-electron chi connectivity index (χ4n) is 2.79. The molecule has 1 amide bonds. The van der Waals surface area contributed by atoms with E-state index >= 15 is 0 Å². The van der Waals surface area contributed by atoms with Crippen LogP contribution in [0.3, 0.4) is 0 Å². The van der Waals surface area contributed by atoms with Crippen LogP contribution in [0.5, 0.6) is 0 Å². The first-order chi connectivity index (χ1) is 13.0. The van der Waals surface area contributed by atoms with Crippen molar-refractivity contribution in [2.75, 3.05) is 6.54 Å². The van der Waals surface area contributed by atoms with Gasteiger partial charge in [0.05, 0.1) is 35.6 Å². The van der Waals surface area contributed by atoms with Gasteiger partial charge in [-0.05, 0) is 37.6 Å². The molecule has 1 atom stereocenters. The van der Waals surface area contributed by atoms with E-state index < -0.39 is 29.2 Å². The molecular weight excluding hydrogens is 392 g/mol. The molecule has 0 bridgehead atoms. The highest BCUT2D eigenvalue weighted by Crippen LogP contribution is 2.36. The predicted octanol–water partition coefficient (Wildman–Crippen LogP) is 2.67. The van der Waals surface area contributed by atoms with Crippen molar-refractivity contribution in [3.63, 3.8) is 0 Å². The first kappa shape index (κ1) is 20.1. The molecule has 1 saturated heterocycles. The van der Waals surface area contributed by atoms with Crippen molar-refractivity contribution in [2.24, 2.45) is 0 Å². The lowest BCUT2D eigenvalue weighted by molar-refractivity contribution is -0.143. The van der Waals surface area contributed by atoms with Gasteiger partial charge in [0.2, 0.25) is 5.91 Å². The van der Waals surface area contributed by atoms with Crippen LogP contribution in [0.1, 0.15) is 29.7 Å². The molecule has 1 aliphatic rings. The Morgan fingerprint density at radius 3 is 2.32 bits per heavy atom. The van der Waals surface area contributed by atoms with Crippen molar-refractivity contribution in [1.82, 2.24) is 25.6 Å². The molecule has 0 radical (unpaired) electrons. The first-order valence-corrected chi connectivity index (χ1v) is 8.26. The number of halogens is 6. The lowest BCUT2D eigenvalue weighted by Crippen LogP contribution is -2.40. The topological polar surface area (TPSA) is 71.8 Å². The van der Waals surface area contributed by atoms with Gasteiger partial charge in [0, 0.05) is 0 Å². The Labute approximate surface area is 154 Å². The van der Waals surface area contributed by atoms with E-state index in [1.54, 1.807) is 0 Å². The molecule has 6 nitrogen and oxygen atoms in total. The maximum absolute atomic E-state index is 12.9. The van der Waals surface area contributed by atoms with Gasteiger partial charge in [0.1, 0.15) is 5.69 Å². The number of carbonyl (C=O) groups is 1. The van der Waals surface area contributed by atoms with E-state index in [9.17, 15) is 31.1 Å². The van der Waals surface area contributed by atoms with Crippen LogP contribution in [0.4, 0.5) is 26.3 Å². The van der Waals surface area contributed by atoms with Gasteiger partial charge in [-0.2, -0.15) is 26.3 Å². The molecule has 2 N–H and O–H groups in total. The standard InChI is InChI=1S/C16H15F6N5O/c17-15(18,19)9-4-10(16(20,21)22)6-12(5-9)27-8-11(25-26-27)7-24-14(28)13-2-1-3-23-13/h4-6,8,13,23H,1-3,7H2,(H,24,28)/t13-/m1/s1. The summed E-state index contributed by atoms with van der Waals surface area (Å²) in [7, 11) is 0. The molecule has 28 heavy (non-hydrogen) atoms. The van der Waals surface area contributed by atoms with Gasteiger partial charge in [-0.15, -0.1) is 5.10 Å². The van der Waals surface area contributed by atoms with Crippen LogP contribution in [0.15, 0.2) is 24.4 Å². The number of aromatic nitrogens is 3. The van der Waals surface area contributed by atoms with E-state index in [1.165, 1.54) is 0 Å². The van der Waals surface area contributed by atoms with Crippen LogP contribution in [-0.4, -0.2) is 33.5 Å². The summed E-state index contributed by atoms with van der Waals surface area (Å²) in [5.74, 6) is -0.259. The fourth-order valence-corrected chi connectivity index (χ4v) is 2.79. The van der Waals surface area contributed by atoms with Gasteiger partial charge in [0.25, 0.3) is 0 Å². The minimum atomic E-state index is -4.96. The van der Waals surface area contributed by atoms with Gasteiger partial charge >= 0.3 is 12.4 Å². The molecule has 12 heteroatoms. The summed E-state index contributed by atoms with van der Waals surface area (Å²) >= 11 is 0. The lowest BCUT2D eigenvalue weighted by atomic mass is 10.1. The highest BCUT2D eigenvalue weighted by Gasteiger charge is 2.37. The van der Waals surface area contributed by atoms with Gasteiger partial charge in [-0.1, -0.05) is 5.21 Å². The van der Waals surface area contributed by atoms with Crippen LogP contribution in [0.25, 0.3) is 5.69 Å². The van der Waals surface area contributed by atoms with Gasteiger partial charge < -0.3 is 10.6 Å². The predicted molar refractivity (Wildman–Crippen MR) is 84.2 cm³/mol. The third kappa shape index (κ3) is 4.61. The van der Waals surface area contributed by atoms with E-state index in [1.807, 2.05) is 0 Å². The average Bonchev–Trinajstić information content (AvgIpc) is 3.29. The summed E-state index contributed by atoms with van der Waals surface area (Å²) in [6.45, 7) is 0.674. The van der Waals surface area contributed by atoms with Gasteiger partial charge in [-0.3, -0.25) is 4.79 Å². The summed E-state index contributed by atoms with van der Waals surface area (Å²) in [4.78, 5) is 11.9. The molecule has 0 spiro atoms. The van der Waals surface area contributed by atoms with E-state index in [4.69, 9.17) is 0 Å². The van der Waals surface area contributed by atoms with Crippen molar-refractivity contribution in [3.05, 3.63) is 41.2 Å². The first-order valence-electron chi connectivity index (χ1n) is 8.26. The Morgan fingerprint density at radius 1 is 1.14 bits per heavy atom. The third-order valence-corrected chi connectivity index (χ3v) is 4.20. The number of nitrogens with one attached hydrogen (secondary N) is 2. The Kier molecular flexibility index (Phi) is 5.33. The van der Waals surface area contributed by atoms with Crippen molar-refractivity contribution >= 4 is 5.91 Å². The highest BCUT2D eigenvalue weighted by atomic mass is 19.4. The van der Waals surface area contributed by atoms with E-state index in [-0.39, 0.29) is 30.3 Å². The molecule has 1 aromatic heterocycles. The number of benzene rings is 1. The zero-order valence-corrected chi connectivity index (χ0v) is 14.2. The molecule has 152 valence electrons. The van der Waals surface area contributed by atoms with Gasteiger partial charge in [-0.25, -0.2) is 4.68 Å². The van der Waals surface area contributed by atoms with Crippen molar-refractivity contribution in [1.29, 1.82) is 0 Å². The largest absolute Gasteiger partial charge is 0.416 e. The number of alkyl halides is 6. The number of carbonyl (C=O) groups excluding carboxylic acids is 1. The molecule has 0 saturated carbocycles. The average molecular weight is 407 g/mol. The molecule has 1 fully saturated rings. The quantitative estimate of drug-likeness (QED) is 0.765. The van der Waals surface area contributed by atoms with Crippen LogP contribution in [0, 0.1) is 0 Å². The maximum Gasteiger partial charge on any atom is 0.416 e. The van der Waals surface area contributed by atoms with Crippen LogP contribution in [-0.2, 0) is 23.7 Å². The highest BCUT2D eigenvalue weighted by molar-refractivity contribution is 5.81. The van der Waals surface area contributed by atoms with Crippen molar-refractivity contribution < 1.29 is 31.1 Å². The zero-order valence-electron chi connectivity index (χ0n) is 14.2. The second-order valence-electron chi connectivity index (χ2n) is 6.29. The zero-order chi connectivity index (χ0) is 20.5. The van der Waals surface area contributed by atoms with Crippen LogP contribution < -0.4 is 10.6 Å².